The smallest absolute Gasteiger partial charge is 0.291 e. The fourth-order valence-electron chi connectivity index (χ4n) is 2.11. The molecule has 0 aliphatic rings. The number of hydrogen-bond donors (Lipinski definition) is 1. The summed E-state index contributed by atoms with van der Waals surface area (Å²) in [7, 11) is 0. The number of rotatable bonds is 5. The summed E-state index contributed by atoms with van der Waals surface area (Å²) >= 11 is 0. The average Bonchev–Trinajstić information content (AvgIpc) is 3.19. The first kappa shape index (κ1) is 15.7. The molecule has 0 aliphatic heterocycles. The maximum atomic E-state index is 13.6. The molecule has 7 heteroatoms. The molecule has 24 heavy (non-hydrogen) atoms. The number of benzene rings is 1. The van der Waals surface area contributed by atoms with Gasteiger partial charge in [0.15, 0.2) is 5.69 Å². The zero-order valence-corrected chi connectivity index (χ0v) is 12.9. The highest BCUT2D eigenvalue weighted by Gasteiger charge is 2.09. The van der Waals surface area contributed by atoms with E-state index in [0.717, 1.165) is 5.76 Å². The Morgan fingerprint density at radius 2 is 2.17 bits per heavy atom. The van der Waals surface area contributed by atoms with Gasteiger partial charge in [0.2, 0.25) is 0 Å². The van der Waals surface area contributed by atoms with Gasteiger partial charge in [-0.2, -0.15) is 10.2 Å². The molecule has 0 aliphatic carbocycles. The van der Waals surface area contributed by atoms with Crippen molar-refractivity contribution in [3.8, 4) is 0 Å². The minimum absolute atomic E-state index is 0.194. The highest BCUT2D eigenvalue weighted by molar-refractivity contribution is 5.92. The minimum Gasteiger partial charge on any atom is -0.460 e. The van der Waals surface area contributed by atoms with Crippen molar-refractivity contribution in [3.63, 3.8) is 0 Å². The molecule has 1 aromatic carbocycles. The van der Waals surface area contributed by atoms with Crippen LogP contribution in [0, 0.1) is 12.7 Å². The van der Waals surface area contributed by atoms with Crippen LogP contribution in [0.2, 0.25) is 0 Å². The summed E-state index contributed by atoms with van der Waals surface area (Å²) in [6.07, 6.45) is 3.02. The van der Waals surface area contributed by atoms with Crippen LogP contribution in [0.1, 0.15) is 27.6 Å². The SMILES string of the molecule is Cc1ccc(C=NNC(=O)c2ccn(Cc3ccccc3F)n2)o1. The normalized spacial score (nSPS) is 11.1. The van der Waals surface area contributed by atoms with E-state index in [1.165, 1.54) is 17.0 Å². The van der Waals surface area contributed by atoms with Gasteiger partial charge in [-0.15, -0.1) is 0 Å². The zero-order chi connectivity index (χ0) is 16.9. The summed E-state index contributed by atoms with van der Waals surface area (Å²) in [6, 6.07) is 11.5. The molecule has 0 radical (unpaired) electrons. The van der Waals surface area contributed by atoms with Crippen LogP contribution in [-0.2, 0) is 6.54 Å². The first-order valence-corrected chi connectivity index (χ1v) is 7.28. The number of aromatic nitrogens is 2. The van der Waals surface area contributed by atoms with Gasteiger partial charge in [-0.05, 0) is 31.2 Å². The van der Waals surface area contributed by atoms with Crippen molar-refractivity contribution < 1.29 is 13.6 Å². The lowest BCUT2D eigenvalue weighted by molar-refractivity contribution is 0.0949. The van der Waals surface area contributed by atoms with E-state index in [9.17, 15) is 9.18 Å². The van der Waals surface area contributed by atoms with Crippen LogP contribution in [0.5, 0.6) is 0 Å². The van der Waals surface area contributed by atoms with Crippen LogP contribution in [0.25, 0.3) is 0 Å². The van der Waals surface area contributed by atoms with Crippen molar-refractivity contribution in [1.29, 1.82) is 0 Å². The van der Waals surface area contributed by atoms with E-state index in [1.54, 1.807) is 42.6 Å². The van der Waals surface area contributed by atoms with Crippen LogP contribution < -0.4 is 5.43 Å². The number of carbonyl (C=O) groups is 1. The number of nitrogens with one attached hydrogen (secondary N) is 1. The summed E-state index contributed by atoms with van der Waals surface area (Å²) in [4.78, 5) is 12.0. The third-order valence-corrected chi connectivity index (χ3v) is 3.28. The highest BCUT2D eigenvalue weighted by atomic mass is 19.1. The van der Waals surface area contributed by atoms with Crippen molar-refractivity contribution in [1.82, 2.24) is 15.2 Å². The van der Waals surface area contributed by atoms with Crippen molar-refractivity contribution in [3.05, 3.63) is 77.3 Å². The molecule has 0 saturated heterocycles. The van der Waals surface area contributed by atoms with Crippen LogP contribution in [-0.4, -0.2) is 21.9 Å². The van der Waals surface area contributed by atoms with Crippen LogP contribution >= 0.6 is 0 Å². The summed E-state index contributed by atoms with van der Waals surface area (Å²) in [5.74, 6) is 0.534. The van der Waals surface area contributed by atoms with Gasteiger partial charge < -0.3 is 4.42 Å². The number of halogens is 1. The first-order valence-electron chi connectivity index (χ1n) is 7.28. The number of nitrogens with zero attached hydrogens (tertiary/aromatic N) is 3. The molecule has 0 spiro atoms. The Labute approximate surface area is 137 Å². The second-order valence-electron chi connectivity index (χ2n) is 5.14. The molecule has 2 heterocycles. The predicted molar refractivity (Wildman–Crippen MR) is 86.2 cm³/mol. The Morgan fingerprint density at radius 1 is 1.33 bits per heavy atom. The highest BCUT2D eigenvalue weighted by Crippen LogP contribution is 2.08. The average molecular weight is 326 g/mol. The van der Waals surface area contributed by atoms with E-state index in [0.29, 0.717) is 11.3 Å². The monoisotopic (exact) mass is 326 g/mol. The molecule has 0 bridgehead atoms. The Balaban J connectivity index is 1.61. The predicted octanol–water partition coefficient (Wildman–Crippen LogP) is 2.74. The largest absolute Gasteiger partial charge is 0.460 e. The third kappa shape index (κ3) is 3.75. The molecule has 122 valence electrons. The molecule has 0 saturated carbocycles. The quantitative estimate of drug-likeness (QED) is 0.579. The van der Waals surface area contributed by atoms with Crippen molar-refractivity contribution >= 4 is 12.1 Å². The molecule has 1 N–H and O–H groups in total. The van der Waals surface area contributed by atoms with E-state index < -0.39 is 5.91 Å². The lowest BCUT2D eigenvalue weighted by Gasteiger charge is -2.02. The number of aryl methyl sites for hydroxylation is 1. The summed E-state index contributed by atoms with van der Waals surface area (Å²) < 4.78 is 20.4. The van der Waals surface area contributed by atoms with Crippen molar-refractivity contribution in [2.45, 2.75) is 13.5 Å². The fraction of sp³-hybridized carbons (Fsp3) is 0.118. The third-order valence-electron chi connectivity index (χ3n) is 3.28. The Morgan fingerprint density at radius 3 is 2.92 bits per heavy atom. The molecule has 0 unspecified atom stereocenters. The van der Waals surface area contributed by atoms with E-state index in [1.807, 2.05) is 6.92 Å². The lowest BCUT2D eigenvalue weighted by atomic mass is 10.2. The number of amides is 1. The van der Waals surface area contributed by atoms with Gasteiger partial charge in [0.25, 0.3) is 5.91 Å². The van der Waals surface area contributed by atoms with Gasteiger partial charge >= 0.3 is 0 Å². The first-order chi connectivity index (χ1) is 11.6. The number of hydrazone groups is 1. The maximum absolute atomic E-state index is 13.6. The summed E-state index contributed by atoms with van der Waals surface area (Å²) in [5, 5.41) is 7.93. The number of hydrogen-bond acceptors (Lipinski definition) is 4. The standard InChI is InChI=1S/C17H15FN4O2/c1-12-6-7-14(24-12)10-19-20-17(23)16-8-9-22(21-16)11-13-4-2-3-5-15(13)18/h2-10H,11H2,1H3,(H,20,23). The molecule has 3 aromatic rings. The Kier molecular flexibility index (Phi) is 4.51. The second-order valence-corrected chi connectivity index (χ2v) is 5.14. The molecule has 0 atom stereocenters. The Hall–Kier alpha value is -3.22. The van der Waals surface area contributed by atoms with E-state index in [2.05, 4.69) is 15.6 Å². The van der Waals surface area contributed by atoms with Gasteiger partial charge in [-0.25, -0.2) is 9.82 Å². The van der Waals surface area contributed by atoms with Gasteiger partial charge in [0, 0.05) is 11.8 Å². The van der Waals surface area contributed by atoms with Gasteiger partial charge in [0.1, 0.15) is 17.3 Å². The van der Waals surface area contributed by atoms with E-state index >= 15 is 0 Å². The molecule has 3 rings (SSSR count). The van der Waals surface area contributed by atoms with Crippen molar-refractivity contribution in [2.24, 2.45) is 5.10 Å². The topological polar surface area (TPSA) is 72.4 Å². The lowest BCUT2D eigenvalue weighted by Crippen LogP contribution is -2.18. The molecular weight excluding hydrogens is 311 g/mol. The second kappa shape index (κ2) is 6.91. The molecule has 1 amide bonds. The fourth-order valence-corrected chi connectivity index (χ4v) is 2.11. The van der Waals surface area contributed by atoms with Crippen LogP contribution in [0.4, 0.5) is 4.39 Å². The number of carbonyl (C=O) groups excluding carboxylic acids is 1. The number of furan rings is 1. The van der Waals surface area contributed by atoms with Crippen molar-refractivity contribution in [2.75, 3.05) is 0 Å². The minimum atomic E-state index is -0.457. The zero-order valence-electron chi connectivity index (χ0n) is 12.9. The molecule has 0 fully saturated rings. The maximum Gasteiger partial charge on any atom is 0.291 e. The van der Waals surface area contributed by atoms with E-state index in [4.69, 9.17) is 4.42 Å². The van der Waals surface area contributed by atoms with E-state index in [-0.39, 0.29) is 18.1 Å². The molecule has 6 nitrogen and oxygen atoms in total. The van der Waals surface area contributed by atoms with Gasteiger partial charge in [-0.1, -0.05) is 18.2 Å². The Bertz CT molecular complexity index is 882. The van der Waals surface area contributed by atoms with Gasteiger partial charge in [0.05, 0.1) is 12.8 Å². The van der Waals surface area contributed by atoms with Crippen LogP contribution in [0.3, 0.4) is 0 Å². The molecular formula is C17H15FN4O2. The molecule has 2 aromatic heterocycles. The van der Waals surface area contributed by atoms with Crippen LogP contribution in [0.15, 0.2) is 58.2 Å². The van der Waals surface area contributed by atoms with Gasteiger partial charge in [-0.3, -0.25) is 9.48 Å². The summed E-state index contributed by atoms with van der Waals surface area (Å²) in [5.41, 5.74) is 3.06. The summed E-state index contributed by atoms with van der Waals surface area (Å²) in [6.45, 7) is 2.06.